The topological polar surface area (TPSA) is 64.7 Å². The number of anilines is 2. The van der Waals surface area contributed by atoms with Gasteiger partial charge in [0.05, 0.1) is 0 Å². The van der Waals surface area contributed by atoms with Crippen molar-refractivity contribution in [1.82, 2.24) is 9.80 Å². The highest BCUT2D eigenvalue weighted by atomic mass is 79.9. The quantitative estimate of drug-likeness (QED) is 0.735. The second-order valence-electron chi connectivity index (χ2n) is 7.97. The third-order valence-electron chi connectivity index (χ3n) is 5.66. The van der Waals surface area contributed by atoms with Crippen LogP contribution in [0.3, 0.4) is 0 Å². The van der Waals surface area contributed by atoms with Crippen molar-refractivity contribution < 1.29 is 9.59 Å². The lowest BCUT2D eigenvalue weighted by molar-refractivity contribution is -0.126. The van der Waals surface area contributed by atoms with E-state index in [9.17, 15) is 9.59 Å². The Hall–Kier alpha value is -2.38. The van der Waals surface area contributed by atoms with Gasteiger partial charge in [0, 0.05) is 41.4 Å². The second kappa shape index (κ2) is 8.16. The third-order valence-corrected chi connectivity index (χ3v) is 6.19. The molecule has 1 fully saturated rings. The highest BCUT2D eigenvalue weighted by Gasteiger charge is 2.44. The molecule has 2 heterocycles. The number of amides is 3. The van der Waals surface area contributed by atoms with Crippen molar-refractivity contribution >= 4 is 39.2 Å². The van der Waals surface area contributed by atoms with Crippen LogP contribution in [0.25, 0.3) is 0 Å². The fraction of sp³-hybridized carbons (Fsp3) is 0.364. The molecule has 4 rings (SSSR count). The molecule has 2 aliphatic heterocycles. The van der Waals surface area contributed by atoms with E-state index in [1.165, 1.54) is 11.1 Å². The highest BCUT2D eigenvalue weighted by molar-refractivity contribution is 9.10. The number of nitrogens with zero attached hydrogens (tertiary/aromatic N) is 2. The van der Waals surface area contributed by atoms with Gasteiger partial charge in [0.15, 0.2) is 0 Å². The molecule has 1 saturated heterocycles. The summed E-state index contributed by atoms with van der Waals surface area (Å²) in [6, 6.07) is 12.8. The zero-order valence-corrected chi connectivity index (χ0v) is 18.2. The minimum absolute atomic E-state index is 0.122. The number of carbonyl (C=O) groups is 2. The summed E-state index contributed by atoms with van der Waals surface area (Å²) in [6.07, 6.45) is 0.983. The van der Waals surface area contributed by atoms with Crippen molar-refractivity contribution in [2.45, 2.75) is 25.9 Å². The van der Waals surface area contributed by atoms with Gasteiger partial charge < -0.3 is 20.4 Å². The Balaban J connectivity index is 1.41. The van der Waals surface area contributed by atoms with Crippen LogP contribution in [-0.2, 0) is 17.8 Å². The third kappa shape index (κ3) is 4.31. The lowest BCUT2D eigenvalue weighted by Gasteiger charge is -2.45. The van der Waals surface area contributed by atoms with E-state index in [0.717, 1.165) is 29.7 Å². The Labute approximate surface area is 179 Å². The smallest absolute Gasteiger partial charge is 0.322 e. The van der Waals surface area contributed by atoms with E-state index < -0.39 is 6.04 Å². The molecule has 2 aromatic carbocycles. The molecule has 7 heteroatoms. The largest absolute Gasteiger partial charge is 0.324 e. The number of urea groups is 1. The minimum atomic E-state index is -0.465. The molecule has 0 aliphatic carbocycles. The Morgan fingerprint density at radius 3 is 2.48 bits per heavy atom. The van der Waals surface area contributed by atoms with Crippen molar-refractivity contribution in [3.63, 3.8) is 0 Å². The first-order valence-electron chi connectivity index (χ1n) is 9.85. The summed E-state index contributed by atoms with van der Waals surface area (Å²) in [4.78, 5) is 29.4. The molecule has 0 saturated carbocycles. The van der Waals surface area contributed by atoms with Crippen molar-refractivity contribution in [3.8, 4) is 0 Å². The number of hydrogen-bond donors (Lipinski definition) is 2. The first-order valence-corrected chi connectivity index (χ1v) is 10.6. The predicted octanol–water partition coefficient (Wildman–Crippen LogP) is 3.93. The second-order valence-corrected chi connectivity index (χ2v) is 8.89. The molecule has 6 nitrogen and oxygen atoms in total. The Bertz CT molecular complexity index is 931. The standard InChI is InChI=1S/C22H25BrN4O2/c1-14-12-27(22(29)25-18-7-4-17(23)5-8-18)20(14)21(28)24-19-6-3-16-13-26(2)10-9-15(16)11-19/h3-8,11,14,20H,9-10,12-13H2,1-2H3,(H,24,28)(H,25,29)/t14-,20?/m0/s1. The van der Waals surface area contributed by atoms with Crippen LogP contribution in [0.2, 0.25) is 0 Å². The maximum Gasteiger partial charge on any atom is 0.322 e. The Kier molecular flexibility index (Phi) is 5.61. The van der Waals surface area contributed by atoms with E-state index in [2.05, 4.69) is 50.6 Å². The van der Waals surface area contributed by atoms with Gasteiger partial charge in [-0.2, -0.15) is 0 Å². The van der Waals surface area contributed by atoms with Gasteiger partial charge in [-0.05, 0) is 61.0 Å². The van der Waals surface area contributed by atoms with Crippen LogP contribution in [0, 0.1) is 5.92 Å². The molecule has 3 amide bonds. The average Bonchev–Trinajstić information content (AvgIpc) is 2.67. The summed E-state index contributed by atoms with van der Waals surface area (Å²) in [5.74, 6) is -0.0143. The van der Waals surface area contributed by atoms with Crippen LogP contribution >= 0.6 is 15.9 Å². The fourth-order valence-electron chi connectivity index (χ4n) is 4.02. The number of likely N-dealkylation sites (tertiary alicyclic amines) is 1. The normalized spacial score (nSPS) is 21.1. The van der Waals surface area contributed by atoms with Gasteiger partial charge in [-0.1, -0.05) is 28.9 Å². The average molecular weight is 457 g/mol. The van der Waals surface area contributed by atoms with Gasteiger partial charge in [-0.3, -0.25) is 4.79 Å². The first-order chi connectivity index (χ1) is 13.9. The molecule has 0 aromatic heterocycles. The molecule has 2 N–H and O–H groups in total. The number of hydrogen-bond acceptors (Lipinski definition) is 3. The molecule has 0 bridgehead atoms. The summed E-state index contributed by atoms with van der Waals surface area (Å²) in [7, 11) is 2.12. The SMILES string of the molecule is C[C@H]1CN(C(=O)Nc2ccc(Br)cc2)C1C(=O)Nc1ccc2c(c1)CCN(C)C2. The summed E-state index contributed by atoms with van der Waals surface area (Å²) >= 11 is 3.38. The maximum atomic E-state index is 12.9. The van der Waals surface area contributed by atoms with Gasteiger partial charge in [-0.15, -0.1) is 0 Å². The van der Waals surface area contributed by atoms with Gasteiger partial charge in [-0.25, -0.2) is 4.79 Å². The lowest BCUT2D eigenvalue weighted by Crippen LogP contribution is -2.63. The molecular weight excluding hydrogens is 432 g/mol. The van der Waals surface area contributed by atoms with Crippen molar-refractivity contribution in [3.05, 3.63) is 58.1 Å². The molecule has 2 atom stereocenters. The van der Waals surface area contributed by atoms with Crippen LogP contribution in [0.4, 0.5) is 16.2 Å². The molecular formula is C22H25BrN4O2. The Morgan fingerprint density at radius 1 is 1.03 bits per heavy atom. The minimum Gasteiger partial charge on any atom is -0.324 e. The number of carbonyl (C=O) groups excluding carboxylic acids is 2. The monoisotopic (exact) mass is 456 g/mol. The number of fused-ring (bicyclic) bond motifs is 1. The van der Waals surface area contributed by atoms with E-state index in [4.69, 9.17) is 0 Å². The molecule has 1 unspecified atom stereocenters. The van der Waals surface area contributed by atoms with Crippen LogP contribution in [0.5, 0.6) is 0 Å². The van der Waals surface area contributed by atoms with E-state index >= 15 is 0 Å². The maximum absolute atomic E-state index is 12.9. The van der Waals surface area contributed by atoms with Crippen molar-refractivity contribution in [2.24, 2.45) is 5.92 Å². The Morgan fingerprint density at radius 2 is 1.76 bits per heavy atom. The lowest BCUT2D eigenvalue weighted by atomic mass is 9.89. The van der Waals surface area contributed by atoms with Gasteiger partial charge >= 0.3 is 6.03 Å². The van der Waals surface area contributed by atoms with Crippen molar-refractivity contribution in [2.75, 3.05) is 30.8 Å². The summed E-state index contributed by atoms with van der Waals surface area (Å²) in [6.45, 7) is 4.52. The fourth-order valence-corrected chi connectivity index (χ4v) is 4.28. The highest BCUT2D eigenvalue weighted by Crippen LogP contribution is 2.28. The predicted molar refractivity (Wildman–Crippen MR) is 118 cm³/mol. The molecule has 0 spiro atoms. The van der Waals surface area contributed by atoms with Gasteiger partial charge in [0.1, 0.15) is 6.04 Å². The van der Waals surface area contributed by atoms with E-state index in [0.29, 0.717) is 12.2 Å². The molecule has 29 heavy (non-hydrogen) atoms. The molecule has 0 radical (unpaired) electrons. The van der Waals surface area contributed by atoms with Crippen molar-refractivity contribution in [1.29, 1.82) is 0 Å². The zero-order valence-electron chi connectivity index (χ0n) is 16.6. The van der Waals surface area contributed by atoms with Crippen LogP contribution < -0.4 is 10.6 Å². The molecule has 152 valence electrons. The number of halogens is 1. The summed E-state index contributed by atoms with van der Waals surface area (Å²) in [5, 5.41) is 5.88. The number of benzene rings is 2. The number of likely N-dealkylation sites (N-methyl/N-ethyl adjacent to an activating group) is 1. The zero-order chi connectivity index (χ0) is 20.5. The summed E-state index contributed by atoms with van der Waals surface area (Å²) < 4.78 is 0.946. The van der Waals surface area contributed by atoms with E-state index in [-0.39, 0.29) is 17.9 Å². The number of rotatable bonds is 3. The van der Waals surface area contributed by atoms with E-state index in [1.54, 1.807) is 4.90 Å². The molecule has 2 aliphatic rings. The van der Waals surface area contributed by atoms with E-state index in [1.807, 2.05) is 37.3 Å². The summed E-state index contributed by atoms with van der Waals surface area (Å²) in [5.41, 5.74) is 4.10. The first kappa shape index (κ1) is 19.9. The van der Waals surface area contributed by atoms with Gasteiger partial charge in [0.2, 0.25) is 5.91 Å². The van der Waals surface area contributed by atoms with Gasteiger partial charge in [0.25, 0.3) is 0 Å². The molecule has 2 aromatic rings. The number of nitrogens with one attached hydrogen (secondary N) is 2. The van der Waals surface area contributed by atoms with Crippen LogP contribution in [0.1, 0.15) is 18.1 Å². The van der Waals surface area contributed by atoms with Crippen LogP contribution in [0.15, 0.2) is 46.9 Å². The van der Waals surface area contributed by atoms with Crippen LogP contribution in [-0.4, -0.2) is 47.9 Å².